The molecule has 0 amide bonds. The highest BCUT2D eigenvalue weighted by Gasteiger charge is 2.10. The summed E-state index contributed by atoms with van der Waals surface area (Å²) in [6, 6.07) is 5.72. The van der Waals surface area contributed by atoms with Crippen LogP contribution in [0.1, 0.15) is 0 Å². The van der Waals surface area contributed by atoms with Gasteiger partial charge in [-0.05, 0) is 41.3 Å². The van der Waals surface area contributed by atoms with Gasteiger partial charge in [0.25, 0.3) is 0 Å². The van der Waals surface area contributed by atoms with Crippen LogP contribution in [0.15, 0.2) is 22.7 Å². The molecule has 3 nitrogen and oxygen atoms in total. The van der Waals surface area contributed by atoms with Crippen molar-refractivity contribution in [1.82, 2.24) is 9.36 Å². The van der Waals surface area contributed by atoms with Crippen LogP contribution in [-0.4, -0.2) is 16.5 Å². The van der Waals surface area contributed by atoms with Gasteiger partial charge in [0, 0.05) is 4.47 Å². The van der Waals surface area contributed by atoms with E-state index in [0.29, 0.717) is 0 Å². The third-order valence-corrected chi connectivity index (χ3v) is 3.31. The number of aromatic nitrogens is 2. The van der Waals surface area contributed by atoms with Gasteiger partial charge in [0.15, 0.2) is 0 Å². The first-order valence-electron chi connectivity index (χ1n) is 4.04. The van der Waals surface area contributed by atoms with Crippen molar-refractivity contribution in [2.75, 3.05) is 7.11 Å². The Morgan fingerprint density at radius 2 is 2.27 bits per heavy atom. The number of methoxy groups -OCH3 is 1. The summed E-state index contributed by atoms with van der Waals surface area (Å²) >= 11 is 10.3. The van der Waals surface area contributed by atoms with E-state index < -0.39 is 0 Å². The minimum atomic E-state index is 0.264. The molecular weight excluding hydrogens is 300 g/mol. The molecule has 0 spiro atoms. The van der Waals surface area contributed by atoms with Crippen LogP contribution >= 0.6 is 39.1 Å². The molecule has 0 saturated heterocycles. The molecule has 0 aliphatic carbocycles. The number of rotatable bonds is 2. The molecule has 78 valence electrons. The van der Waals surface area contributed by atoms with E-state index in [1.807, 2.05) is 18.2 Å². The number of benzene rings is 1. The predicted molar refractivity (Wildman–Crippen MR) is 64.6 cm³/mol. The lowest BCUT2D eigenvalue weighted by Crippen LogP contribution is -1.87. The van der Waals surface area contributed by atoms with Crippen LogP contribution < -0.4 is 4.74 Å². The summed E-state index contributed by atoms with van der Waals surface area (Å²) in [5, 5.41) is 1.02. The van der Waals surface area contributed by atoms with Gasteiger partial charge in [0.05, 0.1) is 12.7 Å². The second-order valence-electron chi connectivity index (χ2n) is 2.71. The summed E-state index contributed by atoms with van der Waals surface area (Å²) in [5.74, 6) is 0.747. The molecule has 1 heterocycles. The molecule has 0 bridgehead atoms. The van der Waals surface area contributed by atoms with Gasteiger partial charge >= 0.3 is 0 Å². The molecule has 2 aromatic rings. The molecule has 0 saturated carbocycles. The molecule has 0 N–H and O–H groups in total. The number of halogens is 2. The SMILES string of the molecule is COc1cc(Br)ccc1-c1nc(Cl)ns1. The zero-order valence-corrected chi connectivity index (χ0v) is 10.9. The minimum absolute atomic E-state index is 0.264. The maximum Gasteiger partial charge on any atom is 0.234 e. The fourth-order valence-corrected chi connectivity index (χ4v) is 2.33. The Kier molecular flexibility index (Phi) is 3.23. The van der Waals surface area contributed by atoms with Gasteiger partial charge in [-0.25, -0.2) is 4.98 Å². The second-order valence-corrected chi connectivity index (χ2v) is 4.72. The van der Waals surface area contributed by atoms with Gasteiger partial charge in [-0.15, -0.1) is 0 Å². The monoisotopic (exact) mass is 304 g/mol. The van der Waals surface area contributed by atoms with Crippen molar-refractivity contribution in [3.63, 3.8) is 0 Å². The molecule has 0 atom stereocenters. The summed E-state index contributed by atoms with van der Waals surface area (Å²) < 4.78 is 10.1. The first-order valence-corrected chi connectivity index (χ1v) is 5.98. The number of nitrogens with zero attached hydrogens (tertiary/aromatic N) is 2. The Morgan fingerprint density at radius 3 is 2.87 bits per heavy atom. The van der Waals surface area contributed by atoms with E-state index in [1.54, 1.807) is 7.11 Å². The van der Waals surface area contributed by atoms with E-state index >= 15 is 0 Å². The Morgan fingerprint density at radius 1 is 1.47 bits per heavy atom. The third-order valence-electron chi connectivity index (χ3n) is 1.80. The fourth-order valence-electron chi connectivity index (χ4n) is 1.16. The standard InChI is InChI=1S/C9H6BrClN2OS/c1-14-7-4-5(10)2-3-6(7)8-12-9(11)13-15-8/h2-4H,1H3. The van der Waals surface area contributed by atoms with E-state index in [0.717, 1.165) is 20.8 Å². The molecule has 15 heavy (non-hydrogen) atoms. The summed E-state index contributed by atoms with van der Waals surface area (Å²) in [6.07, 6.45) is 0. The topological polar surface area (TPSA) is 35.0 Å². The maximum atomic E-state index is 5.68. The van der Waals surface area contributed by atoms with Crippen LogP contribution in [0.25, 0.3) is 10.6 Å². The van der Waals surface area contributed by atoms with Crippen molar-refractivity contribution < 1.29 is 4.74 Å². The molecule has 2 rings (SSSR count). The van der Waals surface area contributed by atoms with Crippen LogP contribution in [0.3, 0.4) is 0 Å². The van der Waals surface area contributed by atoms with Crippen LogP contribution in [-0.2, 0) is 0 Å². The van der Waals surface area contributed by atoms with Crippen molar-refractivity contribution in [3.8, 4) is 16.3 Å². The minimum Gasteiger partial charge on any atom is -0.496 e. The molecule has 0 unspecified atom stereocenters. The van der Waals surface area contributed by atoms with Gasteiger partial charge < -0.3 is 4.74 Å². The molecule has 0 aliphatic rings. The van der Waals surface area contributed by atoms with Crippen molar-refractivity contribution in [3.05, 3.63) is 28.0 Å². The molecule has 1 aromatic heterocycles. The lowest BCUT2D eigenvalue weighted by atomic mass is 10.2. The first-order chi connectivity index (χ1) is 7.20. The van der Waals surface area contributed by atoms with Crippen LogP contribution in [0.5, 0.6) is 5.75 Å². The van der Waals surface area contributed by atoms with Crippen molar-refractivity contribution in [2.45, 2.75) is 0 Å². The van der Waals surface area contributed by atoms with E-state index in [2.05, 4.69) is 25.3 Å². The lowest BCUT2D eigenvalue weighted by Gasteiger charge is -2.05. The molecule has 0 aliphatic heterocycles. The smallest absolute Gasteiger partial charge is 0.234 e. The van der Waals surface area contributed by atoms with Crippen molar-refractivity contribution in [1.29, 1.82) is 0 Å². The second kappa shape index (κ2) is 4.47. The third kappa shape index (κ3) is 2.30. The fraction of sp³-hybridized carbons (Fsp3) is 0.111. The average molecular weight is 306 g/mol. The lowest BCUT2D eigenvalue weighted by molar-refractivity contribution is 0.416. The van der Waals surface area contributed by atoms with Crippen molar-refractivity contribution >= 4 is 39.1 Å². The highest BCUT2D eigenvalue weighted by Crippen LogP contribution is 2.33. The van der Waals surface area contributed by atoms with Gasteiger partial charge in [0.1, 0.15) is 10.8 Å². The van der Waals surface area contributed by atoms with Crippen molar-refractivity contribution in [2.24, 2.45) is 0 Å². The summed E-state index contributed by atoms with van der Waals surface area (Å²) in [5.41, 5.74) is 0.894. The van der Waals surface area contributed by atoms with Crippen LogP contribution in [0, 0.1) is 0 Å². The zero-order valence-electron chi connectivity index (χ0n) is 7.70. The van der Waals surface area contributed by atoms with E-state index in [4.69, 9.17) is 16.3 Å². The summed E-state index contributed by atoms with van der Waals surface area (Å²) in [7, 11) is 1.62. The molecule has 6 heteroatoms. The molecular formula is C9H6BrClN2OS. The highest BCUT2D eigenvalue weighted by molar-refractivity contribution is 9.10. The zero-order chi connectivity index (χ0) is 10.8. The van der Waals surface area contributed by atoms with E-state index in [1.165, 1.54) is 11.5 Å². The van der Waals surface area contributed by atoms with Crippen LogP contribution in [0.4, 0.5) is 0 Å². The normalized spacial score (nSPS) is 10.3. The van der Waals surface area contributed by atoms with Gasteiger partial charge in [-0.3, -0.25) is 0 Å². The molecule has 1 aromatic carbocycles. The van der Waals surface area contributed by atoms with Crippen LogP contribution in [0.2, 0.25) is 5.28 Å². The van der Waals surface area contributed by atoms with Gasteiger partial charge in [-0.2, -0.15) is 4.37 Å². The van der Waals surface area contributed by atoms with E-state index in [-0.39, 0.29) is 5.28 Å². The van der Waals surface area contributed by atoms with Gasteiger partial charge in [0.2, 0.25) is 5.28 Å². The largest absolute Gasteiger partial charge is 0.496 e. The van der Waals surface area contributed by atoms with Gasteiger partial charge in [-0.1, -0.05) is 15.9 Å². The Labute approximate surface area is 104 Å². The number of ether oxygens (including phenoxy) is 1. The maximum absolute atomic E-state index is 5.68. The average Bonchev–Trinajstić information content (AvgIpc) is 2.64. The number of hydrogen-bond donors (Lipinski definition) is 0. The quantitative estimate of drug-likeness (QED) is 0.850. The summed E-state index contributed by atoms with van der Waals surface area (Å²) in [4.78, 5) is 4.10. The molecule has 0 radical (unpaired) electrons. The Hall–Kier alpha value is -0.650. The molecule has 0 fully saturated rings. The highest BCUT2D eigenvalue weighted by atomic mass is 79.9. The Bertz CT molecular complexity index is 489. The predicted octanol–water partition coefficient (Wildman–Crippen LogP) is 3.63. The Balaban J connectivity index is 2.52. The number of hydrogen-bond acceptors (Lipinski definition) is 4. The first kappa shape index (κ1) is 10.9. The summed E-state index contributed by atoms with van der Waals surface area (Å²) in [6.45, 7) is 0. The van der Waals surface area contributed by atoms with E-state index in [9.17, 15) is 0 Å².